The van der Waals surface area contributed by atoms with Crippen molar-refractivity contribution in [3.63, 3.8) is 0 Å². The van der Waals surface area contributed by atoms with Crippen LogP contribution in [0.5, 0.6) is 0 Å². The monoisotopic (exact) mass is 266 g/mol. The maximum atomic E-state index is 11.1. The fourth-order valence-electron chi connectivity index (χ4n) is 2.22. The average molecular weight is 266 g/mol. The van der Waals surface area contributed by atoms with Crippen molar-refractivity contribution in [2.24, 2.45) is 0 Å². The van der Waals surface area contributed by atoms with Gasteiger partial charge in [-0.25, -0.2) is 9.97 Å². The van der Waals surface area contributed by atoms with Crippen molar-refractivity contribution >= 4 is 17.4 Å². The summed E-state index contributed by atoms with van der Waals surface area (Å²) in [4.78, 5) is 19.9. The number of hydrogen-bond donors (Lipinski definition) is 1. The number of fused-ring (bicyclic) bond motifs is 1. The Morgan fingerprint density at radius 2 is 2.15 bits per heavy atom. The minimum atomic E-state index is -0.0875. The first-order valence-electron chi connectivity index (χ1n) is 6.33. The number of hydrogen-bond acceptors (Lipinski definition) is 3. The summed E-state index contributed by atoms with van der Waals surface area (Å²) in [5.41, 5.74) is 3.61. The van der Waals surface area contributed by atoms with E-state index in [0.717, 1.165) is 22.6 Å². The van der Waals surface area contributed by atoms with Gasteiger partial charge in [0.25, 0.3) is 0 Å². The molecule has 5 nitrogen and oxygen atoms in total. The summed E-state index contributed by atoms with van der Waals surface area (Å²) in [7, 11) is 0. The van der Waals surface area contributed by atoms with Crippen LogP contribution in [0.3, 0.4) is 0 Å². The van der Waals surface area contributed by atoms with Crippen molar-refractivity contribution in [3.05, 3.63) is 48.4 Å². The number of aromatic nitrogens is 3. The zero-order chi connectivity index (χ0) is 14.1. The number of amides is 1. The molecule has 5 heteroatoms. The summed E-state index contributed by atoms with van der Waals surface area (Å²) in [6, 6.07) is 9.52. The van der Waals surface area contributed by atoms with E-state index in [-0.39, 0.29) is 5.91 Å². The molecule has 0 spiro atoms. The molecule has 0 unspecified atom stereocenters. The summed E-state index contributed by atoms with van der Waals surface area (Å²) in [6.07, 6.45) is 3.66. The van der Waals surface area contributed by atoms with E-state index in [1.807, 2.05) is 47.9 Å². The highest BCUT2D eigenvalue weighted by atomic mass is 16.1. The van der Waals surface area contributed by atoms with Gasteiger partial charge >= 0.3 is 0 Å². The molecule has 20 heavy (non-hydrogen) atoms. The number of rotatable bonds is 2. The molecule has 0 saturated heterocycles. The van der Waals surface area contributed by atoms with E-state index in [0.29, 0.717) is 5.78 Å². The van der Waals surface area contributed by atoms with Gasteiger partial charge in [-0.15, -0.1) is 0 Å². The third-order valence-electron chi connectivity index (χ3n) is 3.10. The Kier molecular flexibility index (Phi) is 2.95. The Morgan fingerprint density at radius 1 is 1.30 bits per heavy atom. The van der Waals surface area contributed by atoms with Crippen molar-refractivity contribution < 1.29 is 4.79 Å². The highest BCUT2D eigenvalue weighted by molar-refractivity contribution is 5.89. The lowest BCUT2D eigenvalue weighted by Crippen LogP contribution is -2.05. The Balaban J connectivity index is 2.11. The predicted molar refractivity (Wildman–Crippen MR) is 77.5 cm³/mol. The molecule has 0 aliphatic rings. The zero-order valence-corrected chi connectivity index (χ0v) is 11.3. The van der Waals surface area contributed by atoms with Crippen LogP contribution in [0.1, 0.15) is 12.6 Å². The molecule has 0 saturated carbocycles. The van der Waals surface area contributed by atoms with Crippen molar-refractivity contribution in [2.75, 3.05) is 5.32 Å². The first-order chi connectivity index (χ1) is 9.65. The lowest BCUT2D eigenvalue weighted by Gasteiger charge is -2.04. The van der Waals surface area contributed by atoms with Crippen LogP contribution in [0.15, 0.2) is 42.7 Å². The van der Waals surface area contributed by atoms with Gasteiger partial charge in [-0.2, -0.15) is 0 Å². The molecule has 3 aromatic rings. The predicted octanol–water partition coefficient (Wildman–Crippen LogP) is 2.66. The van der Waals surface area contributed by atoms with Crippen LogP contribution >= 0.6 is 0 Å². The molecule has 2 heterocycles. The van der Waals surface area contributed by atoms with Crippen LogP contribution in [-0.4, -0.2) is 20.3 Å². The van der Waals surface area contributed by atoms with Crippen molar-refractivity contribution in [1.82, 2.24) is 14.4 Å². The Hall–Kier alpha value is -2.69. The second kappa shape index (κ2) is 4.77. The van der Waals surface area contributed by atoms with Gasteiger partial charge in [-0.1, -0.05) is 12.1 Å². The lowest BCUT2D eigenvalue weighted by molar-refractivity contribution is -0.114. The molecule has 0 aliphatic heterocycles. The molecular formula is C15H14N4O. The molecule has 0 atom stereocenters. The Morgan fingerprint density at radius 3 is 2.90 bits per heavy atom. The summed E-state index contributed by atoms with van der Waals surface area (Å²) in [5, 5.41) is 2.78. The molecule has 0 radical (unpaired) electrons. The third kappa shape index (κ3) is 2.14. The van der Waals surface area contributed by atoms with Crippen LogP contribution in [0.2, 0.25) is 0 Å². The van der Waals surface area contributed by atoms with Crippen molar-refractivity contribution in [1.29, 1.82) is 0 Å². The number of nitrogens with zero attached hydrogens (tertiary/aromatic N) is 3. The molecule has 0 bridgehead atoms. The van der Waals surface area contributed by atoms with E-state index in [2.05, 4.69) is 15.3 Å². The van der Waals surface area contributed by atoms with Gasteiger partial charge in [-0.3, -0.25) is 9.20 Å². The van der Waals surface area contributed by atoms with E-state index in [9.17, 15) is 4.79 Å². The van der Waals surface area contributed by atoms with Gasteiger partial charge in [0.15, 0.2) is 0 Å². The number of aryl methyl sites for hydroxylation is 1. The molecule has 1 N–H and O–H groups in total. The molecule has 2 aromatic heterocycles. The number of imidazole rings is 1. The summed E-state index contributed by atoms with van der Waals surface area (Å²) in [6.45, 7) is 3.49. The highest BCUT2D eigenvalue weighted by Gasteiger charge is 2.11. The van der Waals surface area contributed by atoms with E-state index in [1.54, 1.807) is 6.20 Å². The van der Waals surface area contributed by atoms with Crippen LogP contribution in [0.4, 0.5) is 5.69 Å². The number of anilines is 1. The molecule has 1 amide bonds. The fourth-order valence-corrected chi connectivity index (χ4v) is 2.22. The Labute approximate surface area is 116 Å². The minimum absolute atomic E-state index is 0.0875. The van der Waals surface area contributed by atoms with E-state index in [4.69, 9.17) is 0 Å². The van der Waals surface area contributed by atoms with E-state index >= 15 is 0 Å². The van der Waals surface area contributed by atoms with Crippen molar-refractivity contribution in [3.8, 4) is 11.3 Å². The van der Waals surface area contributed by atoms with Gasteiger partial charge in [0.2, 0.25) is 11.7 Å². The molecule has 0 aliphatic carbocycles. The maximum Gasteiger partial charge on any atom is 0.234 e. The smallest absolute Gasteiger partial charge is 0.234 e. The summed E-state index contributed by atoms with van der Waals surface area (Å²) >= 11 is 0. The Bertz CT molecular complexity index is 791. The normalized spacial score (nSPS) is 10.7. The highest BCUT2D eigenvalue weighted by Crippen LogP contribution is 2.25. The van der Waals surface area contributed by atoms with Gasteiger partial charge in [0.05, 0.1) is 5.69 Å². The van der Waals surface area contributed by atoms with Crippen LogP contribution in [-0.2, 0) is 4.79 Å². The minimum Gasteiger partial charge on any atom is -0.326 e. The topological polar surface area (TPSA) is 59.3 Å². The SMILES string of the molecule is CC(=O)Nc1cccc(-c2nc3ncccn3c2C)c1. The molecule has 1 aromatic carbocycles. The largest absolute Gasteiger partial charge is 0.326 e. The van der Waals surface area contributed by atoms with Crippen LogP contribution in [0, 0.1) is 6.92 Å². The second-order valence-electron chi connectivity index (χ2n) is 4.60. The van der Waals surface area contributed by atoms with Gasteiger partial charge in [-0.05, 0) is 25.1 Å². The van der Waals surface area contributed by atoms with E-state index < -0.39 is 0 Å². The fraction of sp³-hybridized carbons (Fsp3) is 0.133. The summed E-state index contributed by atoms with van der Waals surface area (Å²) in [5.74, 6) is 0.584. The number of benzene rings is 1. The lowest BCUT2D eigenvalue weighted by atomic mass is 10.1. The number of carbonyl (C=O) groups is 1. The maximum absolute atomic E-state index is 11.1. The molecular weight excluding hydrogens is 252 g/mol. The molecule has 3 rings (SSSR count). The van der Waals surface area contributed by atoms with Gasteiger partial charge < -0.3 is 5.32 Å². The zero-order valence-electron chi connectivity index (χ0n) is 11.3. The van der Waals surface area contributed by atoms with E-state index in [1.165, 1.54) is 6.92 Å². The van der Waals surface area contributed by atoms with Crippen LogP contribution in [0.25, 0.3) is 17.0 Å². The number of carbonyl (C=O) groups excluding carboxylic acids is 1. The first-order valence-corrected chi connectivity index (χ1v) is 6.33. The first kappa shape index (κ1) is 12.3. The average Bonchev–Trinajstić information content (AvgIpc) is 2.76. The van der Waals surface area contributed by atoms with Crippen LogP contribution < -0.4 is 5.32 Å². The summed E-state index contributed by atoms with van der Waals surface area (Å²) < 4.78 is 1.94. The second-order valence-corrected chi connectivity index (χ2v) is 4.60. The van der Waals surface area contributed by atoms with Gasteiger partial charge in [0.1, 0.15) is 0 Å². The molecule has 0 fully saturated rings. The van der Waals surface area contributed by atoms with Crippen molar-refractivity contribution in [2.45, 2.75) is 13.8 Å². The number of nitrogens with one attached hydrogen (secondary N) is 1. The quantitative estimate of drug-likeness (QED) is 0.775. The standard InChI is InChI=1S/C15H14N4O/c1-10-14(18-15-16-7-4-8-19(10)15)12-5-3-6-13(9-12)17-11(2)20/h3-9H,1-2H3,(H,17,20). The third-order valence-corrected chi connectivity index (χ3v) is 3.10. The van der Waals surface area contributed by atoms with Gasteiger partial charge in [0, 0.05) is 36.3 Å². The molecule has 100 valence electrons.